The van der Waals surface area contributed by atoms with Crippen LogP contribution in [0.5, 0.6) is 0 Å². The maximum absolute atomic E-state index is 3.94. The van der Waals surface area contributed by atoms with Crippen LogP contribution in [-0.4, -0.2) is 24.8 Å². The first-order valence-electron chi connectivity index (χ1n) is 2.18. The van der Waals surface area contributed by atoms with E-state index in [1.54, 1.807) is 12.3 Å². The summed E-state index contributed by atoms with van der Waals surface area (Å²) < 4.78 is 0. The van der Waals surface area contributed by atoms with Gasteiger partial charge in [0.1, 0.15) is 6.67 Å². The summed E-state index contributed by atoms with van der Waals surface area (Å²) in [5, 5.41) is 0. The zero-order valence-electron chi connectivity index (χ0n) is 4.26. The Morgan fingerprint density at radius 3 is 3.00 bits per heavy atom. The van der Waals surface area contributed by atoms with Gasteiger partial charge in [0.2, 0.25) is 0 Å². The SMILES string of the molecule is CN1[C]=CC=NC1. The van der Waals surface area contributed by atoms with E-state index in [4.69, 9.17) is 0 Å². The van der Waals surface area contributed by atoms with Crippen molar-refractivity contribution in [3.8, 4) is 0 Å². The molecule has 0 fully saturated rings. The predicted molar refractivity (Wildman–Crippen MR) is 28.9 cm³/mol. The Hall–Kier alpha value is -0.790. The van der Waals surface area contributed by atoms with Crippen LogP contribution in [0.3, 0.4) is 0 Å². The third kappa shape index (κ3) is 1.03. The molecule has 1 rings (SSSR count). The maximum atomic E-state index is 3.94. The average molecular weight is 95.1 g/mol. The van der Waals surface area contributed by atoms with Crippen LogP contribution in [-0.2, 0) is 0 Å². The van der Waals surface area contributed by atoms with Gasteiger partial charge in [-0.25, -0.2) is 0 Å². The molecule has 0 spiro atoms. The van der Waals surface area contributed by atoms with Gasteiger partial charge in [0, 0.05) is 13.3 Å². The predicted octanol–water partition coefficient (Wildman–Crippen LogP) is 0.277. The molecule has 0 N–H and O–H groups in total. The van der Waals surface area contributed by atoms with Crippen LogP contribution in [0.15, 0.2) is 11.1 Å². The average Bonchev–Trinajstić information content (AvgIpc) is 1.69. The summed E-state index contributed by atoms with van der Waals surface area (Å²) in [7, 11) is 1.94. The third-order valence-electron chi connectivity index (χ3n) is 0.769. The summed E-state index contributed by atoms with van der Waals surface area (Å²) in [6, 6.07) is 0. The van der Waals surface area contributed by atoms with Gasteiger partial charge in [-0.05, 0) is 6.08 Å². The summed E-state index contributed by atoms with van der Waals surface area (Å²) in [4.78, 5) is 5.83. The molecule has 2 nitrogen and oxygen atoms in total. The van der Waals surface area contributed by atoms with E-state index >= 15 is 0 Å². The fourth-order valence-corrected chi connectivity index (χ4v) is 0.424. The number of hydrogen-bond acceptors (Lipinski definition) is 2. The van der Waals surface area contributed by atoms with Crippen molar-refractivity contribution in [3.05, 3.63) is 12.3 Å². The second-order valence-corrected chi connectivity index (χ2v) is 1.47. The smallest absolute Gasteiger partial charge is 0.110 e. The second kappa shape index (κ2) is 1.78. The lowest BCUT2D eigenvalue weighted by atomic mass is 10.6. The van der Waals surface area contributed by atoms with Crippen molar-refractivity contribution >= 4 is 6.21 Å². The molecular weight excluding hydrogens is 88.1 g/mol. The molecule has 37 valence electrons. The van der Waals surface area contributed by atoms with Crippen LogP contribution in [0, 0.1) is 6.20 Å². The Labute approximate surface area is 43.2 Å². The molecule has 2 heteroatoms. The molecule has 0 aliphatic carbocycles. The summed E-state index contributed by atoms with van der Waals surface area (Å²) in [6.07, 6.45) is 6.49. The van der Waals surface area contributed by atoms with Crippen molar-refractivity contribution in [3.63, 3.8) is 0 Å². The van der Waals surface area contributed by atoms with E-state index < -0.39 is 0 Å². The lowest BCUT2D eigenvalue weighted by Crippen LogP contribution is -2.13. The first-order chi connectivity index (χ1) is 3.39. The molecule has 0 amide bonds. The Morgan fingerprint density at radius 2 is 2.71 bits per heavy atom. The molecule has 0 aromatic rings. The van der Waals surface area contributed by atoms with Crippen molar-refractivity contribution in [2.24, 2.45) is 4.99 Å². The first kappa shape index (κ1) is 4.37. The molecule has 0 aromatic carbocycles. The fourth-order valence-electron chi connectivity index (χ4n) is 0.424. The number of aliphatic imine (C=N–C) groups is 1. The summed E-state index contributed by atoms with van der Waals surface area (Å²) in [5.74, 6) is 0. The molecule has 0 bridgehead atoms. The van der Waals surface area contributed by atoms with E-state index in [1.165, 1.54) is 0 Å². The van der Waals surface area contributed by atoms with Crippen molar-refractivity contribution in [2.45, 2.75) is 0 Å². The molecule has 1 heterocycles. The number of allylic oxidation sites excluding steroid dienone is 1. The van der Waals surface area contributed by atoms with E-state index in [9.17, 15) is 0 Å². The van der Waals surface area contributed by atoms with Crippen molar-refractivity contribution < 1.29 is 0 Å². The quantitative estimate of drug-likeness (QED) is 0.422. The molecule has 0 aromatic heterocycles. The minimum Gasteiger partial charge on any atom is -0.354 e. The lowest BCUT2D eigenvalue weighted by Gasteiger charge is -2.09. The topological polar surface area (TPSA) is 15.6 Å². The summed E-state index contributed by atoms with van der Waals surface area (Å²) in [5.41, 5.74) is 0. The Morgan fingerprint density at radius 1 is 1.86 bits per heavy atom. The molecule has 1 radical (unpaired) electrons. The summed E-state index contributed by atoms with van der Waals surface area (Å²) >= 11 is 0. The standard InChI is InChI=1S/C5H7N2/c1-7-4-2-3-6-5-7/h2-3H,5H2,1H3. The van der Waals surface area contributed by atoms with Gasteiger partial charge in [0.05, 0.1) is 6.20 Å². The van der Waals surface area contributed by atoms with E-state index in [1.807, 2.05) is 11.9 Å². The molecule has 0 atom stereocenters. The molecule has 0 unspecified atom stereocenters. The van der Waals surface area contributed by atoms with Crippen LogP contribution in [0.4, 0.5) is 0 Å². The van der Waals surface area contributed by atoms with Gasteiger partial charge < -0.3 is 4.90 Å². The van der Waals surface area contributed by atoms with Gasteiger partial charge >= 0.3 is 0 Å². The highest BCUT2D eigenvalue weighted by molar-refractivity contribution is 5.70. The Bertz CT molecular complexity index is 105. The van der Waals surface area contributed by atoms with E-state index in [0.717, 1.165) is 6.67 Å². The highest BCUT2D eigenvalue weighted by Gasteiger charge is 1.88. The number of hydrogen-bond donors (Lipinski definition) is 0. The van der Waals surface area contributed by atoms with Crippen LogP contribution >= 0.6 is 0 Å². The Balaban J connectivity index is 2.49. The van der Waals surface area contributed by atoms with E-state index in [0.29, 0.717) is 0 Å². The number of rotatable bonds is 0. The monoisotopic (exact) mass is 95.1 g/mol. The second-order valence-electron chi connectivity index (χ2n) is 1.47. The fraction of sp³-hybridized carbons (Fsp3) is 0.400. The maximum Gasteiger partial charge on any atom is 0.110 e. The highest BCUT2D eigenvalue weighted by Crippen LogP contribution is 1.86. The molecule has 1 aliphatic rings. The molecule has 1 aliphatic heterocycles. The largest absolute Gasteiger partial charge is 0.354 e. The van der Waals surface area contributed by atoms with Crippen LogP contribution in [0.25, 0.3) is 0 Å². The minimum absolute atomic E-state index is 0.747. The van der Waals surface area contributed by atoms with Crippen molar-refractivity contribution in [1.29, 1.82) is 0 Å². The van der Waals surface area contributed by atoms with Gasteiger partial charge in [0.15, 0.2) is 0 Å². The molecule has 0 saturated carbocycles. The van der Waals surface area contributed by atoms with Gasteiger partial charge in [-0.3, -0.25) is 4.99 Å². The zero-order valence-corrected chi connectivity index (χ0v) is 4.26. The van der Waals surface area contributed by atoms with Gasteiger partial charge in [-0.1, -0.05) is 0 Å². The van der Waals surface area contributed by atoms with Crippen molar-refractivity contribution in [1.82, 2.24) is 4.90 Å². The van der Waals surface area contributed by atoms with Crippen molar-refractivity contribution in [2.75, 3.05) is 13.7 Å². The van der Waals surface area contributed by atoms with Gasteiger partial charge in [-0.15, -0.1) is 0 Å². The number of nitrogens with zero attached hydrogens (tertiary/aromatic N) is 2. The van der Waals surface area contributed by atoms with Crippen LogP contribution < -0.4 is 0 Å². The molecule has 0 saturated heterocycles. The molecular formula is C5H7N2. The summed E-state index contributed by atoms with van der Waals surface area (Å²) in [6.45, 7) is 0.747. The molecule has 7 heavy (non-hydrogen) atoms. The normalized spacial score (nSPS) is 18.1. The zero-order chi connectivity index (χ0) is 5.11. The van der Waals surface area contributed by atoms with Crippen LogP contribution in [0.1, 0.15) is 0 Å². The highest BCUT2D eigenvalue weighted by atomic mass is 15.2. The Kier molecular flexibility index (Phi) is 1.11. The van der Waals surface area contributed by atoms with Gasteiger partial charge in [-0.2, -0.15) is 0 Å². The van der Waals surface area contributed by atoms with Crippen LogP contribution in [0.2, 0.25) is 0 Å². The van der Waals surface area contributed by atoms with E-state index in [-0.39, 0.29) is 0 Å². The first-order valence-corrected chi connectivity index (χ1v) is 2.18. The third-order valence-corrected chi connectivity index (χ3v) is 0.769. The lowest BCUT2D eigenvalue weighted by molar-refractivity contribution is 0.449. The van der Waals surface area contributed by atoms with E-state index in [2.05, 4.69) is 11.2 Å². The van der Waals surface area contributed by atoms with Gasteiger partial charge in [0.25, 0.3) is 0 Å². The minimum atomic E-state index is 0.747.